The highest BCUT2D eigenvalue weighted by Gasteiger charge is 2.22. The van der Waals surface area contributed by atoms with Crippen molar-refractivity contribution in [2.24, 2.45) is 0 Å². The normalized spacial score (nSPS) is 11.7. The fraction of sp³-hybridized carbons (Fsp3) is 0.273. The molecular weight excluding hydrogens is 262 g/mol. The molecule has 6 nitrogen and oxygen atoms in total. The van der Waals surface area contributed by atoms with Gasteiger partial charge in [0.15, 0.2) is 6.04 Å². The number of methoxy groups -OCH3 is 1. The number of aromatic hydroxyl groups is 1. The standard InChI is InChI=1S/C11H12ClNO5/c1-18-11(17)8(5-14)13-10(16)7-3-2-6(12)4-9(7)15/h2-4,8,14-15H,5H2,1H3,(H,13,16)/t8-/m0/s1. The summed E-state index contributed by atoms with van der Waals surface area (Å²) in [6, 6.07) is 2.74. The minimum absolute atomic E-state index is 0.0539. The van der Waals surface area contributed by atoms with Gasteiger partial charge in [0.05, 0.1) is 19.3 Å². The van der Waals surface area contributed by atoms with Gasteiger partial charge in [-0.05, 0) is 18.2 Å². The molecule has 1 rings (SSSR count). The first kappa shape index (κ1) is 14.3. The summed E-state index contributed by atoms with van der Waals surface area (Å²) in [6.07, 6.45) is 0. The lowest BCUT2D eigenvalue weighted by Gasteiger charge is -2.14. The number of carbonyl (C=O) groups is 2. The van der Waals surface area contributed by atoms with E-state index in [9.17, 15) is 14.7 Å². The zero-order chi connectivity index (χ0) is 13.7. The van der Waals surface area contributed by atoms with E-state index in [1.807, 2.05) is 0 Å². The van der Waals surface area contributed by atoms with E-state index in [4.69, 9.17) is 16.7 Å². The fourth-order valence-corrected chi connectivity index (χ4v) is 1.42. The molecule has 0 unspecified atom stereocenters. The lowest BCUT2D eigenvalue weighted by molar-refractivity contribution is -0.143. The largest absolute Gasteiger partial charge is 0.507 e. The molecule has 1 aromatic rings. The van der Waals surface area contributed by atoms with Crippen LogP contribution in [0.4, 0.5) is 0 Å². The first-order chi connectivity index (χ1) is 8.49. The summed E-state index contributed by atoms with van der Waals surface area (Å²) in [7, 11) is 1.14. The Morgan fingerprint density at radius 3 is 2.67 bits per heavy atom. The molecule has 1 aromatic carbocycles. The first-order valence-corrected chi connectivity index (χ1v) is 5.35. The zero-order valence-corrected chi connectivity index (χ0v) is 10.3. The third kappa shape index (κ3) is 3.35. The Balaban J connectivity index is 2.84. The van der Waals surface area contributed by atoms with Gasteiger partial charge < -0.3 is 20.3 Å². The molecule has 0 saturated carbocycles. The van der Waals surface area contributed by atoms with Crippen LogP contribution in [0.2, 0.25) is 5.02 Å². The number of esters is 1. The first-order valence-electron chi connectivity index (χ1n) is 4.97. The van der Waals surface area contributed by atoms with Crippen LogP contribution >= 0.6 is 11.6 Å². The van der Waals surface area contributed by atoms with Crippen molar-refractivity contribution in [3.8, 4) is 5.75 Å². The van der Waals surface area contributed by atoms with Gasteiger partial charge in [0, 0.05) is 5.02 Å². The Morgan fingerprint density at radius 1 is 1.50 bits per heavy atom. The van der Waals surface area contributed by atoms with Gasteiger partial charge >= 0.3 is 5.97 Å². The van der Waals surface area contributed by atoms with Crippen molar-refractivity contribution < 1.29 is 24.5 Å². The van der Waals surface area contributed by atoms with Crippen LogP contribution < -0.4 is 5.32 Å². The number of phenolic OH excluding ortho intramolecular Hbond substituents is 1. The maximum atomic E-state index is 11.7. The Hall–Kier alpha value is -1.79. The molecule has 0 aliphatic heterocycles. The van der Waals surface area contributed by atoms with E-state index in [-0.39, 0.29) is 16.3 Å². The average molecular weight is 274 g/mol. The minimum atomic E-state index is -1.18. The quantitative estimate of drug-likeness (QED) is 0.686. The predicted octanol–water partition coefficient (Wildman–Crippen LogP) is 0.309. The molecule has 18 heavy (non-hydrogen) atoms. The van der Waals surface area contributed by atoms with Crippen LogP contribution in [0.25, 0.3) is 0 Å². The number of benzene rings is 1. The van der Waals surface area contributed by atoms with Gasteiger partial charge in [-0.15, -0.1) is 0 Å². The van der Waals surface area contributed by atoms with Gasteiger partial charge in [-0.2, -0.15) is 0 Å². The highest BCUT2D eigenvalue weighted by Crippen LogP contribution is 2.21. The Kier molecular flexibility index (Phi) is 4.94. The molecule has 98 valence electrons. The minimum Gasteiger partial charge on any atom is -0.507 e. The van der Waals surface area contributed by atoms with Gasteiger partial charge in [0.1, 0.15) is 5.75 Å². The van der Waals surface area contributed by atoms with E-state index in [2.05, 4.69) is 10.1 Å². The van der Waals surface area contributed by atoms with Gasteiger partial charge in [0.2, 0.25) is 0 Å². The number of rotatable bonds is 4. The van der Waals surface area contributed by atoms with Gasteiger partial charge in [-0.25, -0.2) is 4.79 Å². The average Bonchev–Trinajstić information content (AvgIpc) is 2.34. The van der Waals surface area contributed by atoms with Crippen LogP contribution in [0.15, 0.2) is 18.2 Å². The van der Waals surface area contributed by atoms with E-state index in [0.717, 1.165) is 7.11 Å². The van der Waals surface area contributed by atoms with Crippen molar-refractivity contribution in [3.05, 3.63) is 28.8 Å². The Bertz CT molecular complexity index is 463. The van der Waals surface area contributed by atoms with Crippen molar-refractivity contribution in [2.45, 2.75) is 6.04 Å². The fourth-order valence-electron chi connectivity index (χ4n) is 1.25. The van der Waals surface area contributed by atoms with Crippen molar-refractivity contribution in [2.75, 3.05) is 13.7 Å². The second-order valence-electron chi connectivity index (χ2n) is 3.39. The predicted molar refractivity (Wildman–Crippen MR) is 63.5 cm³/mol. The number of carbonyl (C=O) groups excluding carboxylic acids is 2. The molecule has 0 heterocycles. The second-order valence-corrected chi connectivity index (χ2v) is 3.83. The van der Waals surface area contributed by atoms with Crippen LogP contribution in [-0.4, -0.2) is 41.8 Å². The van der Waals surface area contributed by atoms with Crippen LogP contribution in [-0.2, 0) is 9.53 Å². The molecule has 1 amide bonds. The number of aliphatic hydroxyl groups is 1. The summed E-state index contributed by atoms with van der Waals surface area (Å²) in [4.78, 5) is 22.9. The molecule has 0 saturated heterocycles. The monoisotopic (exact) mass is 273 g/mol. The topological polar surface area (TPSA) is 95.9 Å². The summed E-state index contributed by atoms with van der Waals surface area (Å²) in [5, 5.41) is 21.0. The van der Waals surface area contributed by atoms with Crippen molar-refractivity contribution >= 4 is 23.5 Å². The number of phenols is 1. The number of nitrogens with one attached hydrogen (secondary N) is 1. The van der Waals surface area contributed by atoms with Crippen LogP contribution in [0.3, 0.4) is 0 Å². The summed E-state index contributed by atoms with van der Waals surface area (Å²) < 4.78 is 4.39. The molecule has 1 atom stereocenters. The third-order valence-corrected chi connectivity index (χ3v) is 2.41. The second kappa shape index (κ2) is 6.23. The molecule has 0 radical (unpaired) electrons. The SMILES string of the molecule is COC(=O)[C@H](CO)NC(=O)c1ccc(Cl)cc1O. The summed E-state index contributed by atoms with van der Waals surface area (Å²) in [5.74, 6) is -1.81. The summed E-state index contributed by atoms with van der Waals surface area (Å²) >= 11 is 5.62. The number of halogens is 1. The van der Waals surface area contributed by atoms with Gasteiger partial charge in [-0.1, -0.05) is 11.6 Å². The van der Waals surface area contributed by atoms with E-state index in [1.54, 1.807) is 0 Å². The summed E-state index contributed by atoms with van der Waals surface area (Å²) in [6.45, 7) is -0.604. The molecule has 3 N–H and O–H groups in total. The Morgan fingerprint density at radius 2 is 2.17 bits per heavy atom. The van der Waals surface area contributed by atoms with E-state index in [0.29, 0.717) is 0 Å². The molecule has 0 fully saturated rings. The third-order valence-electron chi connectivity index (χ3n) is 2.18. The lowest BCUT2D eigenvalue weighted by Crippen LogP contribution is -2.44. The number of hydrogen-bond donors (Lipinski definition) is 3. The maximum Gasteiger partial charge on any atom is 0.330 e. The molecular formula is C11H12ClNO5. The number of amides is 1. The van der Waals surface area contributed by atoms with E-state index >= 15 is 0 Å². The summed E-state index contributed by atoms with van der Waals surface area (Å²) in [5.41, 5.74) is -0.0539. The number of ether oxygens (including phenoxy) is 1. The van der Waals surface area contributed by atoms with Crippen LogP contribution in [0.5, 0.6) is 5.75 Å². The lowest BCUT2D eigenvalue weighted by atomic mass is 10.1. The Labute approximate surface area is 108 Å². The number of aliphatic hydroxyl groups excluding tert-OH is 1. The van der Waals surface area contributed by atoms with Crippen molar-refractivity contribution in [3.63, 3.8) is 0 Å². The highest BCUT2D eigenvalue weighted by molar-refractivity contribution is 6.30. The van der Waals surface area contributed by atoms with E-state index in [1.165, 1.54) is 18.2 Å². The molecule has 0 bridgehead atoms. The molecule has 0 aliphatic carbocycles. The van der Waals surface area contributed by atoms with Crippen LogP contribution in [0.1, 0.15) is 10.4 Å². The molecule has 0 aliphatic rings. The van der Waals surface area contributed by atoms with E-state index < -0.39 is 24.5 Å². The molecule has 0 aromatic heterocycles. The van der Waals surface area contributed by atoms with Crippen molar-refractivity contribution in [1.82, 2.24) is 5.32 Å². The van der Waals surface area contributed by atoms with Crippen molar-refractivity contribution in [1.29, 1.82) is 0 Å². The number of hydrogen-bond acceptors (Lipinski definition) is 5. The van der Waals surface area contributed by atoms with Gasteiger partial charge in [0.25, 0.3) is 5.91 Å². The molecule has 7 heteroatoms. The zero-order valence-electron chi connectivity index (χ0n) is 9.51. The van der Waals surface area contributed by atoms with Gasteiger partial charge in [-0.3, -0.25) is 4.79 Å². The molecule has 0 spiro atoms. The van der Waals surface area contributed by atoms with Crippen LogP contribution in [0, 0.1) is 0 Å². The maximum absolute atomic E-state index is 11.7. The smallest absolute Gasteiger partial charge is 0.330 e. The highest BCUT2D eigenvalue weighted by atomic mass is 35.5.